The molecule has 0 atom stereocenters. The average molecular weight is 234 g/mol. The molecule has 17 heavy (non-hydrogen) atoms. The number of carbonyl (C=O) groups is 1. The molecule has 0 aromatic heterocycles. The summed E-state index contributed by atoms with van der Waals surface area (Å²) in [4.78, 5) is 11.4. The maximum absolute atomic E-state index is 11.4. The van der Waals surface area contributed by atoms with Crippen LogP contribution in [-0.4, -0.2) is 12.9 Å². The van der Waals surface area contributed by atoms with Crippen molar-refractivity contribution >= 4 is 5.78 Å². The molecule has 2 heteroatoms. The van der Waals surface area contributed by atoms with E-state index in [0.29, 0.717) is 18.6 Å². The van der Waals surface area contributed by atoms with Gasteiger partial charge in [0.15, 0.2) is 0 Å². The summed E-state index contributed by atoms with van der Waals surface area (Å²) in [6.07, 6.45) is 2.11. The molecule has 0 N–H and O–H groups in total. The van der Waals surface area contributed by atoms with Crippen molar-refractivity contribution in [1.82, 2.24) is 0 Å². The third kappa shape index (κ3) is 3.09. The van der Waals surface area contributed by atoms with Crippen molar-refractivity contribution in [3.05, 3.63) is 28.3 Å². The standard InChI is InChI=1S/C15H22O2/c1-6-14(16)8-7-13-9-10(2)15(17-5)12(4)11(13)3/h9H,6-8H2,1-5H3. The molecule has 0 heterocycles. The maximum Gasteiger partial charge on any atom is 0.132 e. The van der Waals surface area contributed by atoms with Gasteiger partial charge >= 0.3 is 0 Å². The smallest absolute Gasteiger partial charge is 0.132 e. The van der Waals surface area contributed by atoms with Crippen molar-refractivity contribution in [1.29, 1.82) is 0 Å². The molecule has 0 aliphatic rings. The van der Waals surface area contributed by atoms with Gasteiger partial charge in [-0.2, -0.15) is 0 Å². The molecule has 0 aliphatic heterocycles. The molecule has 1 aromatic rings. The van der Waals surface area contributed by atoms with Crippen LogP contribution in [0.5, 0.6) is 5.75 Å². The minimum atomic E-state index is 0.329. The molecule has 1 rings (SSSR count). The molecule has 0 radical (unpaired) electrons. The Labute approximate surface area is 104 Å². The zero-order valence-electron chi connectivity index (χ0n) is 11.5. The number of benzene rings is 1. The molecule has 0 saturated carbocycles. The highest BCUT2D eigenvalue weighted by molar-refractivity contribution is 5.78. The van der Waals surface area contributed by atoms with Gasteiger partial charge in [0.25, 0.3) is 0 Å². The van der Waals surface area contributed by atoms with E-state index in [-0.39, 0.29) is 0 Å². The lowest BCUT2D eigenvalue weighted by Crippen LogP contribution is -2.02. The first kappa shape index (κ1) is 13.8. The van der Waals surface area contributed by atoms with Crippen LogP contribution in [0, 0.1) is 20.8 Å². The predicted molar refractivity (Wildman–Crippen MR) is 70.8 cm³/mol. The summed E-state index contributed by atoms with van der Waals surface area (Å²) in [6, 6.07) is 2.14. The van der Waals surface area contributed by atoms with Crippen LogP contribution in [0.25, 0.3) is 0 Å². The van der Waals surface area contributed by atoms with E-state index in [4.69, 9.17) is 4.74 Å². The van der Waals surface area contributed by atoms with Gasteiger partial charge in [-0.25, -0.2) is 0 Å². The van der Waals surface area contributed by atoms with Crippen LogP contribution in [0.3, 0.4) is 0 Å². The van der Waals surface area contributed by atoms with E-state index >= 15 is 0 Å². The molecule has 0 amide bonds. The molecule has 0 saturated heterocycles. The van der Waals surface area contributed by atoms with Gasteiger partial charge in [-0.3, -0.25) is 4.79 Å². The summed E-state index contributed by atoms with van der Waals surface area (Å²) in [7, 11) is 1.70. The minimum Gasteiger partial charge on any atom is -0.496 e. The molecular weight excluding hydrogens is 212 g/mol. The monoisotopic (exact) mass is 234 g/mol. The van der Waals surface area contributed by atoms with Gasteiger partial charge in [0.2, 0.25) is 0 Å². The Kier molecular flexibility index (Phi) is 4.73. The van der Waals surface area contributed by atoms with Crippen molar-refractivity contribution < 1.29 is 9.53 Å². The van der Waals surface area contributed by atoms with Crippen LogP contribution in [0.2, 0.25) is 0 Å². The summed E-state index contributed by atoms with van der Waals surface area (Å²) in [5.41, 5.74) is 4.85. The number of hydrogen-bond donors (Lipinski definition) is 0. The number of ether oxygens (including phenoxy) is 1. The quantitative estimate of drug-likeness (QED) is 0.779. The van der Waals surface area contributed by atoms with Gasteiger partial charge in [0, 0.05) is 12.8 Å². The Morgan fingerprint density at radius 1 is 1.24 bits per heavy atom. The fraction of sp³-hybridized carbons (Fsp3) is 0.533. The van der Waals surface area contributed by atoms with E-state index in [1.807, 2.05) is 6.92 Å². The lowest BCUT2D eigenvalue weighted by atomic mass is 9.95. The molecule has 94 valence electrons. The highest BCUT2D eigenvalue weighted by Gasteiger charge is 2.11. The molecule has 0 fully saturated rings. The number of ketones is 1. The fourth-order valence-corrected chi connectivity index (χ4v) is 2.17. The SMILES string of the molecule is CCC(=O)CCc1cc(C)c(OC)c(C)c1C. The first-order valence-corrected chi connectivity index (χ1v) is 6.16. The molecule has 0 aliphatic carbocycles. The second kappa shape index (κ2) is 5.85. The van der Waals surface area contributed by atoms with Crippen LogP contribution in [0.1, 0.15) is 42.0 Å². The highest BCUT2D eigenvalue weighted by atomic mass is 16.5. The van der Waals surface area contributed by atoms with Crippen LogP contribution in [0.4, 0.5) is 0 Å². The van der Waals surface area contributed by atoms with Crippen LogP contribution >= 0.6 is 0 Å². The van der Waals surface area contributed by atoms with Crippen LogP contribution in [0.15, 0.2) is 6.07 Å². The normalized spacial score (nSPS) is 10.4. The lowest BCUT2D eigenvalue weighted by molar-refractivity contribution is -0.118. The zero-order chi connectivity index (χ0) is 13.0. The number of methoxy groups -OCH3 is 1. The third-order valence-electron chi connectivity index (χ3n) is 3.41. The number of hydrogen-bond acceptors (Lipinski definition) is 2. The second-order valence-electron chi connectivity index (χ2n) is 4.53. The lowest BCUT2D eigenvalue weighted by Gasteiger charge is -2.15. The maximum atomic E-state index is 11.4. The molecule has 0 unspecified atom stereocenters. The number of Topliss-reactive ketones (excluding diaryl/α,β-unsaturated/α-hetero) is 1. The van der Waals surface area contributed by atoms with E-state index in [1.54, 1.807) is 7.11 Å². The molecule has 0 spiro atoms. The van der Waals surface area contributed by atoms with Crippen molar-refractivity contribution in [2.75, 3.05) is 7.11 Å². The topological polar surface area (TPSA) is 26.3 Å². The number of aryl methyl sites for hydroxylation is 2. The summed E-state index contributed by atoms with van der Waals surface area (Å²) in [5, 5.41) is 0. The van der Waals surface area contributed by atoms with E-state index in [1.165, 1.54) is 16.7 Å². The van der Waals surface area contributed by atoms with Gasteiger partial charge in [0.1, 0.15) is 11.5 Å². The van der Waals surface area contributed by atoms with Crippen molar-refractivity contribution in [2.24, 2.45) is 0 Å². The number of carbonyl (C=O) groups excluding carboxylic acids is 1. The van der Waals surface area contributed by atoms with E-state index < -0.39 is 0 Å². The second-order valence-corrected chi connectivity index (χ2v) is 4.53. The van der Waals surface area contributed by atoms with Crippen LogP contribution in [-0.2, 0) is 11.2 Å². The summed E-state index contributed by atoms with van der Waals surface area (Å²) < 4.78 is 5.39. The summed E-state index contributed by atoms with van der Waals surface area (Å²) in [5.74, 6) is 1.29. The van der Waals surface area contributed by atoms with Gasteiger partial charge in [-0.15, -0.1) is 0 Å². The van der Waals surface area contributed by atoms with Gasteiger partial charge < -0.3 is 4.74 Å². The largest absolute Gasteiger partial charge is 0.496 e. The molecular formula is C15H22O2. The van der Waals surface area contributed by atoms with Gasteiger partial charge in [-0.1, -0.05) is 13.0 Å². The van der Waals surface area contributed by atoms with Crippen molar-refractivity contribution in [3.63, 3.8) is 0 Å². The highest BCUT2D eigenvalue weighted by Crippen LogP contribution is 2.29. The average Bonchev–Trinajstić information content (AvgIpc) is 2.32. The Bertz CT molecular complexity index is 419. The first-order valence-electron chi connectivity index (χ1n) is 6.16. The summed E-state index contributed by atoms with van der Waals surface area (Å²) in [6.45, 7) is 8.14. The van der Waals surface area contributed by atoms with E-state index in [2.05, 4.69) is 26.8 Å². The Morgan fingerprint density at radius 2 is 1.88 bits per heavy atom. The predicted octanol–water partition coefficient (Wildman–Crippen LogP) is 3.53. The Balaban J connectivity index is 2.98. The fourth-order valence-electron chi connectivity index (χ4n) is 2.17. The first-order chi connectivity index (χ1) is 8.01. The third-order valence-corrected chi connectivity index (χ3v) is 3.41. The van der Waals surface area contributed by atoms with Gasteiger partial charge in [0.05, 0.1) is 7.11 Å². The molecule has 0 bridgehead atoms. The molecule has 1 aromatic carbocycles. The Hall–Kier alpha value is -1.31. The van der Waals surface area contributed by atoms with Gasteiger partial charge in [-0.05, 0) is 49.4 Å². The minimum absolute atomic E-state index is 0.329. The zero-order valence-corrected chi connectivity index (χ0v) is 11.5. The van der Waals surface area contributed by atoms with Crippen LogP contribution < -0.4 is 4.74 Å². The molecule has 2 nitrogen and oxygen atoms in total. The van der Waals surface area contributed by atoms with E-state index in [9.17, 15) is 4.79 Å². The number of rotatable bonds is 5. The Morgan fingerprint density at radius 3 is 2.41 bits per heavy atom. The van der Waals surface area contributed by atoms with Crippen molar-refractivity contribution in [2.45, 2.75) is 47.0 Å². The van der Waals surface area contributed by atoms with E-state index in [0.717, 1.165) is 17.7 Å². The summed E-state index contributed by atoms with van der Waals surface area (Å²) >= 11 is 0. The van der Waals surface area contributed by atoms with Crippen molar-refractivity contribution in [3.8, 4) is 5.75 Å².